The van der Waals surface area contributed by atoms with Crippen LogP contribution in [0.3, 0.4) is 0 Å². The zero-order chi connectivity index (χ0) is 15.4. The molecule has 20 heavy (non-hydrogen) atoms. The van der Waals surface area contributed by atoms with Gasteiger partial charge in [-0.25, -0.2) is 4.79 Å². The number of hydrogen-bond donors (Lipinski definition) is 2. The highest BCUT2D eigenvalue weighted by Gasteiger charge is 2.27. The zero-order valence-corrected chi connectivity index (χ0v) is 14.0. The molecule has 0 rings (SSSR count). The molecule has 3 unspecified atom stereocenters. The van der Waals surface area contributed by atoms with E-state index in [1.165, 1.54) is 25.7 Å². The maximum absolute atomic E-state index is 11.3. The second-order valence-electron chi connectivity index (χ2n) is 5.41. The van der Waals surface area contributed by atoms with Crippen molar-refractivity contribution in [2.24, 2.45) is 11.8 Å². The van der Waals surface area contributed by atoms with E-state index in [0.29, 0.717) is 24.5 Å². The summed E-state index contributed by atoms with van der Waals surface area (Å²) in [5, 5.41) is 6.13. The van der Waals surface area contributed by atoms with Crippen molar-refractivity contribution in [3.05, 3.63) is 0 Å². The number of amides is 1. The van der Waals surface area contributed by atoms with Gasteiger partial charge < -0.3 is 15.4 Å². The van der Waals surface area contributed by atoms with E-state index < -0.39 is 0 Å². The predicted molar refractivity (Wildman–Crippen MR) is 85.0 cm³/mol. The molecule has 0 aromatic heterocycles. The zero-order valence-electron chi connectivity index (χ0n) is 14.0. The molecule has 0 aliphatic heterocycles. The van der Waals surface area contributed by atoms with E-state index in [1.54, 1.807) is 7.05 Å². The van der Waals surface area contributed by atoms with Crippen LogP contribution in [-0.2, 0) is 4.74 Å². The second-order valence-corrected chi connectivity index (χ2v) is 5.41. The van der Waals surface area contributed by atoms with E-state index in [2.05, 4.69) is 38.3 Å². The second kappa shape index (κ2) is 12.0. The number of rotatable bonds is 11. The fourth-order valence-corrected chi connectivity index (χ4v) is 2.79. The number of ether oxygens (including phenoxy) is 1. The minimum atomic E-state index is -0.333. The van der Waals surface area contributed by atoms with Crippen LogP contribution in [0.15, 0.2) is 0 Å². The molecular weight excluding hydrogens is 252 g/mol. The third kappa shape index (κ3) is 7.13. The Bertz CT molecular complexity index is 247. The molecular formula is C16H34N2O2. The molecule has 0 heterocycles. The minimum Gasteiger partial charge on any atom is -0.449 e. The predicted octanol–water partition coefficient (Wildman–Crippen LogP) is 3.56. The minimum absolute atomic E-state index is 0.333. The molecule has 0 saturated heterocycles. The first-order chi connectivity index (χ1) is 9.64. The smallest absolute Gasteiger partial charge is 0.406 e. The highest BCUT2D eigenvalue weighted by molar-refractivity contribution is 5.66. The van der Waals surface area contributed by atoms with Crippen molar-refractivity contribution in [3.8, 4) is 0 Å². The van der Waals surface area contributed by atoms with E-state index in [0.717, 1.165) is 13.0 Å². The van der Waals surface area contributed by atoms with Crippen molar-refractivity contribution in [2.75, 3.05) is 20.2 Å². The van der Waals surface area contributed by atoms with Gasteiger partial charge in [0.15, 0.2) is 0 Å². The summed E-state index contributed by atoms with van der Waals surface area (Å²) in [6.45, 7) is 10.3. The Morgan fingerprint density at radius 1 is 1.10 bits per heavy atom. The quantitative estimate of drug-likeness (QED) is 0.610. The lowest BCUT2D eigenvalue weighted by molar-refractivity contribution is 0.102. The Labute approximate surface area is 125 Å². The third-order valence-electron chi connectivity index (χ3n) is 4.07. The molecule has 0 fully saturated rings. The highest BCUT2D eigenvalue weighted by atomic mass is 16.5. The van der Waals surface area contributed by atoms with Gasteiger partial charge >= 0.3 is 6.09 Å². The van der Waals surface area contributed by atoms with Crippen molar-refractivity contribution >= 4 is 6.09 Å². The van der Waals surface area contributed by atoms with Crippen LogP contribution < -0.4 is 10.6 Å². The van der Waals surface area contributed by atoms with E-state index in [1.807, 2.05) is 0 Å². The van der Waals surface area contributed by atoms with Crippen LogP contribution in [0, 0.1) is 11.8 Å². The fraction of sp³-hybridized carbons (Fsp3) is 0.938. The van der Waals surface area contributed by atoms with Gasteiger partial charge in [0.05, 0.1) is 6.61 Å². The fourth-order valence-electron chi connectivity index (χ4n) is 2.79. The number of unbranched alkanes of at least 4 members (excludes halogenated alkanes) is 1. The van der Waals surface area contributed by atoms with Gasteiger partial charge in [-0.05, 0) is 25.3 Å². The molecule has 0 aromatic rings. The van der Waals surface area contributed by atoms with Crippen LogP contribution in [-0.4, -0.2) is 32.3 Å². The lowest BCUT2D eigenvalue weighted by Crippen LogP contribution is -2.44. The lowest BCUT2D eigenvalue weighted by atomic mass is 9.82. The van der Waals surface area contributed by atoms with Crippen molar-refractivity contribution in [1.82, 2.24) is 10.6 Å². The monoisotopic (exact) mass is 286 g/mol. The summed E-state index contributed by atoms with van der Waals surface area (Å²) in [6.07, 6.45) is 5.63. The Balaban J connectivity index is 4.65. The molecule has 2 N–H and O–H groups in total. The van der Waals surface area contributed by atoms with Gasteiger partial charge in [0, 0.05) is 19.0 Å². The topological polar surface area (TPSA) is 50.4 Å². The number of carbonyl (C=O) groups excluding carboxylic acids is 1. The summed E-state index contributed by atoms with van der Waals surface area (Å²) >= 11 is 0. The van der Waals surface area contributed by atoms with Crippen molar-refractivity contribution in [1.29, 1.82) is 0 Å². The SMILES string of the molecule is CCCCC(CC)C(NCC)C(CC)COC(=O)NC. The molecule has 4 heteroatoms. The van der Waals surface area contributed by atoms with Crippen molar-refractivity contribution in [2.45, 2.75) is 65.8 Å². The van der Waals surface area contributed by atoms with Gasteiger partial charge in [0.1, 0.15) is 0 Å². The van der Waals surface area contributed by atoms with Crippen molar-refractivity contribution in [3.63, 3.8) is 0 Å². The van der Waals surface area contributed by atoms with Crippen LogP contribution in [0.4, 0.5) is 4.79 Å². The van der Waals surface area contributed by atoms with Crippen LogP contribution in [0.5, 0.6) is 0 Å². The van der Waals surface area contributed by atoms with Gasteiger partial charge in [0.25, 0.3) is 0 Å². The number of alkyl carbamates (subject to hydrolysis) is 1. The molecule has 0 aliphatic rings. The normalized spacial score (nSPS) is 15.4. The molecule has 0 aromatic carbocycles. The average molecular weight is 286 g/mol. The summed E-state index contributed by atoms with van der Waals surface area (Å²) in [5.74, 6) is 1.04. The van der Waals surface area contributed by atoms with Gasteiger partial charge in [-0.3, -0.25) is 0 Å². The third-order valence-corrected chi connectivity index (χ3v) is 4.07. The standard InChI is InChI=1S/C16H34N2O2/c1-6-10-11-13(7-2)15(18-9-4)14(8-3)12-20-16(19)17-5/h13-15,18H,6-12H2,1-5H3,(H,17,19). The molecule has 0 radical (unpaired) electrons. The highest BCUT2D eigenvalue weighted by Crippen LogP contribution is 2.24. The first-order valence-corrected chi connectivity index (χ1v) is 8.22. The van der Waals surface area contributed by atoms with Crippen LogP contribution in [0.2, 0.25) is 0 Å². The number of carbonyl (C=O) groups is 1. The Hall–Kier alpha value is -0.770. The van der Waals surface area contributed by atoms with E-state index in [4.69, 9.17) is 4.74 Å². The average Bonchev–Trinajstić information content (AvgIpc) is 2.47. The molecule has 0 saturated carbocycles. The van der Waals surface area contributed by atoms with E-state index >= 15 is 0 Å². The molecule has 3 atom stereocenters. The Morgan fingerprint density at radius 3 is 2.20 bits per heavy atom. The molecule has 0 aliphatic carbocycles. The Kier molecular flexibility index (Phi) is 11.5. The molecule has 0 bridgehead atoms. The van der Waals surface area contributed by atoms with Gasteiger partial charge in [0.2, 0.25) is 0 Å². The number of hydrogen-bond acceptors (Lipinski definition) is 3. The maximum Gasteiger partial charge on any atom is 0.406 e. The van der Waals surface area contributed by atoms with Crippen LogP contribution >= 0.6 is 0 Å². The first-order valence-electron chi connectivity index (χ1n) is 8.22. The lowest BCUT2D eigenvalue weighted by Gasteiger charge is -2.33. The van der Waals surface area contributed by atoms with Gasteiger partial charge in [-0.15, -0.1) is 0 Å². The van der Waals surface area contributed by atoms with Gasteiger partial charge in [-0.1, -0.05) is 47.0 Å². The molecule has 1 amide bonds. The number of nitrogens with one attached hydrogen (secondary N) is 2. The summed E-state index contributed by atoms with van der Waals surface area (Å²) in [6, 6.07) is 0.436. The summed E-state index contributed by atoms with van der Waals surface area (Å²) in [5.41, 5.74) is 0. The van der Waals surface area contributed by atoms with Crippen LogP contribution in [0.1, 0.15) is 59.8 Å². The first kappa shape index (κ1) is 19.2. The van der Waals surface area contributed by atoms with Crippen LogP contribution in [0.25, 0.3) is 0 Å². The molecule has 120 valence electrons. The van der Waals surface area contributed by atoms with E-state index in [9.17, 15) is 4.79 Å². The maximum atomic E-state index is 11.3. The van der Waals surface area contributed by atoms with E-state index in [-0.39, 0.29) is 6.09 Å². The van der Waals surface area contributed by atoms with Crippen molar-refractivity contribution < 1.29 is 9.53 Å². The molecule has 4 nitrogen and oxygen atoms in total. The Morgan fingerprint density at radius 2 is 1.75 bits per heavy atom. The summed E-state index contributed by atoms with van der Waals surface area (Å²) in [7, 11) is 1.60. The summed E-state index contributed by atoms with van der Waals surface area (Å²) < 4.78 is 5.28. The largest absolute Gasteiger partial charge is 0.449 e. The molecule has 0 spiro atoms. The van der Waals surface area contributed by atoms with Gasteiger partial charge in [-0.2, -0.15) is 0 Å². The summed E-state index contributed by atoms with van der Waals surface area (Å²) in [4.78, 5) is 11.3.